The molecule has 0 aliphatic rings. The van der Waals surface area contributed by atoms with Crippen molar-refractivity contribution in [3.63, 3.8) is 0 Å². The molecule has 3 amide bonds. The van der Waals surface area contributed by atoms with Crippen LogP contribution in [0.5, 0.6) is 0 Å². The van der Waals surface area contributed by atoms with E-state index in [2.05, 4.69) is 15.6 Å². The summed E-state index contributed by atoms with van der Waals surface area (Å²) in [5.74, 6) is -5.44. The van der Waals surface area contributed by atoms with E-state index in [1.54, 1.807) is 6.20 Å². The van der Waals surface area contributed by atoms with Gasteiger partial charge in [-0.3, -0.25) is 19.2 Å². The highest BCUT2D eigenvalue weighted by Crippen LogP contribution is 2.19. The highest BCUT2D eigenvalue weighted by Gasteiger charge is 2.31. The first-order valence-electron chi connectivity index (χ1n) is 11.7. The molecule has 0 spiro atoms. The van der Waals surface area contributed by atoms with E-state index >= 15 is 0 Å². The number of aliphatic carboxylic acids is 2. The molecule has 13 heteroatoms. The van der Waals surface area contributed by atoms with Crippen molar-refractivity contribution in [3.05, 3.63) is 36.0 Å². The molecule has 37 heavy (non-hydrogen) atoms. The van der Waals surface area contributed by atoms with Crippen LogP contribution in [-0.4, -0.2) is 80.7 Å². The number of aliphatic hydroxyl groups excluding tert-OH is 1. The second kappa shape index (κ2) is 13.4. The van der Waals surface area contributed by atoms with Crippen LogP contribution in [0.4, 0.5) is 0 Å². The van der Waals surface area contributed by atoms with Crippen molar-refractivity contribution in [3.8, 4) is 0 Å². The van der Waals surface area contributed by atoms with Crippen LogP contribution in [0.3, 0.4) is 0 Å². The molecule has 9 N–H and O–H groups in total. The van der Waals surface area contributed by atoms with Gasteiger partial charge in [-0.05, 0) is 24.0 Å². The standard InChI is InChI=1S/C24H33N5O8/c1-12(2)7-15(25)21(33)27-17(8-13-10-26-16-6-4-3-5-14(13)16)22(34)29-19(11-30)23(35)28-18(24(36)37)9-20(31)32/h3-6,10,12,15,17-19,26,30H,7-9,11,25H2,1-2H3,(H,27,33)(H,28,35)(H,29,34)(H,31,32)(H,36,37). The Balaban J connectivity index is 2.23. The van der Waals surface area contributed by atoms with E-state index in [9.17, 15) is 29.1 Å². The first-order valence-corrected chi connectivity index (χ1v) is 11.7. The van der Waals surface area contributed by atoms with Gasteiger partial charge in [0.05, 0.1) is 19.1 Å². The zero-order valence-corrected chi connectivity index (χ0v) is 20.6. The monoisotopic (exact) mass is 519 g/mol. The maximum absolute atomic E-state index is 13.2. The number of fused-ring (bicyclic) bond motifs is 1. The third-order valence-corrected chi connectivity index (χ3v) is 5.60. The predicted molar refractivity (Wildman–Crippen MR) is 132 cm³/mol. The van der Waals surface area contributed by atoms with Crippen LogP contribution in [0.25, 0.3) is 10.9 Å². The summed E-state index contributed by atoms with van der Waals surface area (Å²) in [5.41, 5.74) is 7.48. The smallest absolute Gasteiger partial charge is 0.326 e. The fourth-order valence-electron chi connectivity index (χ4n) is 3.74. The Morgan fingerprint density at radius 3 is 2.11 bits per heavy atom. The molecule has 1 aromatic heterocycles. The third-order valence-electron chi connectivity index (χ3n) is 5.60. The van der Waals surface area contributed by atoms with E-state index < -0.39 is 66.9 Å². The van der Waals surface area contributed by atoms with Gasteiger partial charge in [-0.1, -0.05) is 32.0 Å². The number of carbonyl (C=O) groups excluding carboxylic acids is 3. The Kier molecular flexibility index (Phi) is 10.6. The van der Waals surface area contributed by atoms with Crippen molar-refractivity contribution < 1.29 is 39.3 Å². The topological polar surface area (TPSA) is 224 Å². The molecule has 2 rings (SSSR count). The number of hydrogen-bond donors (Lipinski definition) is 8. The number of carboxylic acid groups (broad SMARTS) is 2. The summed E-state index contributed by atoms with van der Waals surface area (Å²) in [7, 11) is 0. The van der Waals surface area contributed by atoms with Gasteiger partial charge in [0, 0.05) is 23.5 Å². The quantitative estimate of drug-likeness (QED) is 0.154. The summed E-state index contributed by atoms with van der Waals surface area (Å²) in [6.07, 6.45) is 1.17. The Hall–Kier alpha value is -3.97. The number of benzene rings is 1. The van der Waals surface area contributed by atoms with Gasteiger partial charge in [0.2, 0.25) is 17.7 Å². The lowest BCUT2D eigenvalue weighted by molar-refractivity contribution is -0.147. The fraction of sp³-hybridized carbons (Fsp3) is 0.458. The molecule has 1 heterocycles. The average Bonchev–Trinajstić information content (AvgIpc) is 3.23. The van der Waals surface area contributed by atoms with Crippen molar-refractivity contribution in [2.75, 3.05) is 6.61 Å². The largest absolute Gasteiger partial charge is 0.481 e. The van der Waals surface area contributed by atoms with Crippen LogP contribution >= 0.6 is 0 Å². The molecule has 2 aromatic rings. The minimum absolute atomic E-state index is 0.0204. The lowest BCUT2D eigenvalue weighted by atomic mass is 10.0. The number of nitrogens with one attached hydrogen (secondary N) is 4. The first kappa shape index (κ1) is 29.3. The zero-order chi connectivity index (χ0) is 27.7. The van der Waals surface area contributed by atoms with Gasteiger partial charge in [0.1, 0.15) is 18.1 Å². The number of carboxylic acids is 2. The van der Waals surface area contributed by atoms with E-state index in [4.69, 9.17) is 15.9 Å². The summed E-state index contributed by atoms with van der Waals surface area (Å²) in [5, 5.41) is 35.4. The minimum atomic E-state index is -1.77. The number of hydrogen-bond acceptors (Lipinski definition) is 7. The van der Waals surface area contributed by atoms with Gasteiger partial charge in [-0.25, -0.2) is 4.79 Å². The maximum atomic E-state index is 13.2. The molecule has 202 valence electrons. The van der Waals surface area contributed by atoms with Crippen molar-refractivity contribution in [2.45, 2.75) is 57.3 Å². The number of rotatable bonds is 14. The minimum Gasteiger partial charge on any atom is -0.481 e. The molecular formula is C24H33N5O8. The van der Waals surface area contributed by atoms with Gasteiger partial charge in [0.25, 0.3) is 0 Å². The van der Waals surface area contributed by atoms with Crippen molar-refractivity contribution in [1.29, 1.82) is 0 Å². The van der Waals surface area contributed by atoms with E-state index in [-0.39, 0.29) is 12.3 Å². The van der Waals surface area contributed by atoms with Crippen LogP contribution in [0, 0.1) is 5.92 Å². The molecule has 4 atom stereocenters. The van der Waals surface area contributed by atoms with Crippen LogP contribution in [0.1, 0.15) is 32.3 Å². The molecule has 0 aliphatic heterocycles. The SMILES string of the molecule is CC(C)CC(N)C(=O)NC(Cc1c[nH]c2ccccc12)C(=O)NC(CO)C(=O)NC(CC(=O)O)C(=O)O. The molecule has 0 bridgehead atoms. The summed E-state index contributed by atoms with van der Waals surface area (Å²) in [6, 6.07) is 1.87. The number of amides is 3. The number of H-pyrrole nitrogens is 1. The van der Waals surface area contributed by atoms with Crippen molar-refractivity contribution >= 4 is 40.6 Å². The maximum Gasteiger partial charge on any atom is 0.326 e. The molecule has 13 nitrogen and oxygen atoms in total. The van der Waals surface area contributed by atoms with Gasteiger partial charge >= 0.3 is 11.9 Å². The van der Waals surface area contributed by atoms with Crippen LogP contribution < -0.4 is 21.7 Å². The predicted octanol–water partition coefficient (Wildman–Crippen LogP) is -0.910. The number of aromatic nitrogens is 1. The van der Waals surface area contributed by atoms with Gasteiger partial charge in [0.15, 0.2) is 0 Å². The third kappa shape index (κ3) is 8.58. The number of aromatic amines is 1. The second-order valence-electron chi connectivity index (χ2n) is 9.10. The summed E-state index contributed by atoms with van der Waals surface area (Å²) in [4.78, 5) is 63.6. The molecule has 0 saturated carbocycles. The van der Waals surface area contributed by atoms with E-state index in [0.29, 0.717) is 12.0 Å². The Labute approximate surface area is 212 Å². The highest BCUT2D eigenvalue weighted by atomic mass is 16.4. The van der Waals surface area contributed by atoms with E-state index in [1.165, 1.54) is 0 Å². The number of carbonyl (C=O) groups is 5. The first-order chi connectivity index (χ1) is 17.4. The summed E-state index contributed by atoms with van der Waals surface area (Å²) >= 11 is 0. The number of nitrogens with two attached hydrogens (primary N) is 1. The molecule has 0 fully saturated rings. The molecule has 1 aromatic carbocycles. The highest BCUT2D eigenvalue weighted by molar-refractivity contribution is 5.95. The van der Waals surface area contributed by atoms with Crippen LogP contribution in [-0.2, 0) is 30.4 Å². The van der Waals surface area contributed by atoms with E-state index in [0.717, 1.165) is 10.9 Å². The molecule has 0 saturated heterocycles. The Morgan fingerprint density at radius 2 is 1.51 bits per heavy atom. The molecule has 0 radical (unpaired) electrons. The lowest BCUT2D eigenvalue weighted by Crippen LogP contribution is -2.58. The zero-order valence-electron chi connectivity index (χ0n) is 20.6. The Bertz CT molecular complexity index is 1130. The molecule has 0 aliphatic carbocycles. The van der Waals surface area contributed by atoms with Crippen LogP contribution in [0.2, 0.25) is 0 Å². The van der Waals surface area contributed by atoms with Crippen molar-refractivity contribution in [2.24, 2.45) is 11.7 Å². The molecule has 4 unspecified atom stereocenters. The summed E-state index contributed by atoms with van der Waals surface area (Å²) < 4.78 is 0. The summed E-state index contributed by atoms with van der Waals surface area (Å²) in [6.45, 7) is 2.88. The lowest BCUT2D eigenvalue weighted by Gasteiger charge is -2.24. The van der Waals surface area contributed by atoms with E-state index in [1.807, 2.05) is 43.4 Å². The normalized spacial score (nSPS) is 14.4. The van der Waals surface area contributed by atoms with Gasteiger partial charge in [-0.2, -0.15) is 0 Å². The fourth-order valence-corrected chi connectivity index (χ4v) is 3.74. The van der Waals surface area contributed by atoms with Gasteiger partial charge in [-0.15, -0.1) is 0 Å². The van der Waals surface area contributed by atoms with Crippen LogP contribution in [0.15, 0.2) is 30.5 Å². The number of aliphatic hydroxyl groups is 1. The van der Waals surface area contributed by atoms with Gasteiger partial charge < -0.3 is 42.0 Å². The van der Waals surface area contributed by atoms with Crippen molar-refractivity contribution in [1.82, 2.24) is 20.9 Å². The molecular weight excluding hydrogens is 486 g/mol. The second-order valence-corrected chi connectivity index (χ2v) is 9.10. The average molecular weight is 520 g/mol. The number of para-hydroxylation sites is 1. The Morgan fingerprint density at radius 1 is 0.919 bits per heavy atom.